The van der Waals surface area contributed by atoms with Crippen LogP contribution in [0.4, 0.5) is 5.82 Å². The first-order valence-corrected chi connectivity index (χ1v) is 7.75. The minimum absolute atomic E-state index is 0.117. The lowest BCUT2D eigenvalue weighted by Crippen LogP contribution is -2.47. The highest BCUT2D eigenvalue weighted by Crippen LogP contribution is 2.19. The number of rotatable bonds is 4. The Balaban J connectivity index is 2.22. The number of hydrogen-bond acceptors (Lipinski definition) is 4. The molecule has 1 saturated heterocycles. The SMILES string of the molecule is CCNc1cc(C(=O)N2CCN(C)CC2)cc(C(C)C)n1. The summed E-state index contributed by atoms with van der Waals surface area (Å²) in [5, 5.41) is 3.22. The lowest BCUT2D eigenvalue weighted by Gasteiger charge is -2.32. The van der Waals surface area contributed by atoms with Gasteiger partial charge in [0.1, 0.15) is 5.82 Å². The maximum atomic E-state index is 12.7. The van der Waals surface area contributed by atoms with Crippen LogP contribution in [0.2, 0.25) is 0 Å². The van der Waals surface area contributed by atoms with Crippen LogP contribution in [0.15, 0.2) is 12.1 Å². The van der Waals surface area contributed by atoms with Crippen molar-refractivity contribution in [3.63, 3.8) is 0 Å². The minimum atomic E-state index is 0.117. The van der Waals surface area contributed by atoms with E-state index in [1.54, 1.807) is 0 Å². The van der Waals surface area contributed by atoms with Crippen molar-refractivity contribution >= 4 is 11.7 Å². The first-order chi connectivity index (χ1) is 10.0. The van der Waals surface area contributed by atoms with Crippen molar-refractivity contribution in [2.75, 3.05) is 45.1 Å². The second kappa shape index (κ2) is 6.89. The molecule has 1 aliphatic heterocycles. The average Bonchev–Trinajstić information content (AvgIpc) is 2.47. The highest BCUT2D eigenvalue weighted by Gasteiger charge is 2.21. The second-order valence-corrected chi connectivity index (χ2v) is 5.95. The number of nitrogens with zero attached hydrogens (tertiary/aromatic N) is 3. The molecule has 1 N–H and O–H groups in total. The van der Waals surface area contributed by atoms with Crippen molar-refractivity contribution in [1.29, 1.82) is 0 Å². The number of carbonyl (C=O) groups excluding carboxylic acids is 1. The van der Waals surface area contributed by atoms with Gasteiger partial charge in [0, 0.05) is 44.0 Å². The molecule has 116 valence electrons. The molecule has 0 aromatic carbocycles. The van der Waals surface area contributed by atoms with Crippen molar-refractivity contribution in [1.82, 2.24) is 14.8 Å². The molecule has 2 heterocycles. The van der Waals surface area contributed by atoms with E-state index in [1.165, 1.54) is 0 Å². The maximum absolute atomic E-state index is 12.7. The van der Waals surface area contributed by atoms with Crippen LogP contribution < -0.4 is 5.32 Å². The number of likely N-dealkylation sites (N-methyl/N-ethyl adjacent to an activating group) is 1. The van der Waals surface area contributed by atoms with Crippen molar-refractivity contribution in [2.24, 2.45) is 0 Å². The molecule has 1 fully saturated rings. The number of aromatic nitrogens is 1. The number of amides is 1. The Morgan fingerprint density at radius 3 is 2.52 bits per heavy atom. The molecule has 0 atom stereocenters. The van der Waals surface area contributed by atoms with Gasteiger partial charge in [-0.1, -0.05) is 13.8 Å². The van der Waals surface area contributed by atoms with Gasteiger partial charge in [-0.25, -0.2) is 4.98 Å². The summed E-state index contributed by atoms with van der Waals surface area (Å²) >= 11 is 0. The molecule has 0 radical (unpaired) electrons. The Morgan fingerprint density at radius 2 is 1.95 bits per heavy atom. The zero-order valence-corrected chi connectivity index (χ0v) is 13.5. The Hall–Kier alpha value is -1.62. The predicted octanol–water partition coefficient (Wildman–Crippen LogP) is 2.02. The van der Waals surface area contributed by atoms with Gasteiger partial charge in [0.2, 0.25) is 0 Å². The lowest BCUT2D eigenvalue weighted by atomic mass is 10.1. The molecule has 5 nitrogen and oxygen atoms in total. The molecular formula is C16H26N4O. The summed E-state index contributed by atoms with van der Waals surface area (Å²) in [4.78, 5) is 21.5. The fourth-order valence-electron chi connectivity index (χ4n) is 2.43. The van der Waals surface area contributed by atoms with E-state index < -0.39 is 0 Å². The molecule has 0 spiro atoms. The smallest absolute Gasteiger partial charge is 0.254 e. The monoisotopic (exact) mass is 290 g/mol. The Kier molecular flexibility index (Phi) is 5.17. The minimum Gasteiger partial charge on any atom is -0.370 e. The third-order valence-electron chi connectivity index (χ3n) is 3.83. The summed E-state index contributed by atoms with van der Waals surface area (Å²) in [5.41, 5.74) is 1.71. The summed E-state index contributed by atoms with van der Waals surface area (Å²) in [5.74, 6) is 1.22. The Labute approximate surface area is 127 Å². The topological polar surface area (TPSA) is 48.5 Å². The number of carbonyl (C=O) groups is 1. The van der Waals surface area contributed by atoms with Crippen molar-refractivity contribution in [3.8, 4) is 0 Å². The lowest BCUT2D eigenvalue weighted by molar-refractivity contribution is 0.0664. The van der Waals surface area contributed by atoms with Gasteiger partial charge in [-0.05, 0) is 32.0 Å². The summed E-state index contributed by atoms with van der Waals surface area (Å²) in [7, 11) is 2.09. The van der Waals surface area contributed by atoms with E-state index in [-0.39, 0.29) is 5.91 Å². The average molecular weight is 290 g/mol. The standard InChI is InChI=1S/C16H26N4O/c1-5-17-15-11-13(10-14(18-15)12(2)3)16(21)20-8-6-19(4)7-9-20/h10-12H,5-9H2,1-4H3,(H,17,18). The van der Waals surface area contributed by atoms with Crippen LogP contribution in [0, 0.1) is 0 Å². The molecule has 21 heavy (non-hydrogen) atoms. The molecule has 1 aromatic heterocycles. The van der Waals surface area contributed by atoms with Crippen LogP contribution in [-0.4, -0.2) is 60.5 Å². The first kappa shape index (κ1) is 15.8. The summed E-state index contributed by atoms with van der Waals surface area (Å²) in [6.45, 7) is 10.5. The van der Waals surface area contributed by atoms with Crippen LogP contribution in [-0.2, 0) is 0 Å². The van der Waals surface area contributed by atoms with Crippen molar-refractivity contribution < 1.29 is 4.79 Å². The van der Waals surface area contributed by atoms with Crippen LogP contribution >= 0.6 is 0 Å². The van der Waals surface area contributed by atoms with Crippen LogP contribution in [0.5, 0.6) is 0 Å². The van der Waals surface area contributed by atoms with E-state index in [2.05, 4.69) is 36.1 Å². The zero-order valence-electron chi connectivity index (χ0n) is 13.5. The van der Waals surface area contributed by atoms with Gasteiger partial charge in [0.05, 0.1) is 0 Å². The Bertz CT molecular complexity index is 493. The van der Waals surface area contributed by atoms with Crippen LogP contribution in [0.1, 0.15) is 42.7 Å². The van der Waals surface area contributed by atoms with Gasteiger partial charge in [-0.2, -0.15) is 0 Å². The van der Waals surface area contributed by atoms with Crippen LogP contribution in [0.3, 0.4) is 0 Å². The summed E-state index contributed by atoms with van der Waals surface area (Å²) in [6.07, 6.45) is 0. The molecule has 0 aliphatic carbocycles. The highest BCUT2D eigenvalue weighted by molar-refractivity contribution is 5.95. The predicted molar refractivity (Wildman–Crippen MR) is 85.9 cm³/mol. The molecule has 0 unspecified atom stereocenters. The molecule has 1 aromatic rings. The second-order valence-electron chi connectivity index (χ2n) is 5.95. The van der Waals surface area contributed by atoms with Gasteiger partial charge in [-0.3, -0.25) is 4.79 Å². The maximum Gasteiger partial charge on any atom is 0.254 e. The van der Waals surface area contributed by atoms with E-state index in [0.29, 0.717) is 5.92 Å². The third kappa shape index (κ3) is 3.94. The van der Waals surface area contributed by atoms with Gasteiger partial charge < -0.3 is 15.1 Å². The molecule has 0 saturated carbocycles. The van der Waals surface area contributed by atoms with E-state index in [1.807, 2.05) is 24.0 Å². The molecule has 0 bridgehead atoms. The van der Waals surface area contributed by atoms with Gasteiger partial charge in [0.25, 0.3) is 5.91 Å². The van der Waals surface area contributed by atoms with E-state index in [4.69, 9.17) is 0 Å². The number of piperazine rings is 1. The third-order valence-corrected chi connectivity index (χ3v) is 3.83. The normalized spacial score (nSPS) is 16.3. The van der Waals surface area contributed by atoms with Gasteiger partial charge in [-0.15, -0.1) is 0 Å². The highest BCUT2D eigenvalue weighted by atomic mass is 16.2. The number of nitrogens with one attached hydrogen (secondary N) is 1. The van der Waals surface area contributed by atoms with Crippen molar-refractivity contribution in [2.45, 2.75) is 26.7 Å². The number of hydrogen-bond donors (Lipinski definition) is 1. The number of anilines is 1. The largest absolute Gasteiger partial charge is 0.370 e. The van der Waals surface area contributed by atoms with E-state index in [0.717, 1.165) is 49.8 Å². The van der Waals surface area contributed by atoms with Gasteiger partial charge in [0.15, 0.2) is 0 Å². The fourth-order valence-corrected chi connectivity index (χ4v) is 2.43. The molecular weight excluding hydrogens is 264 g/mol. The fraction of sp³-hybridized carbons (Fsp3) is 0.625. The van der Waals surface area contributed by atoms with Crippen LogP contribution in [0.25, 0.3) is 0 Å². The Morgan fingerprint density at radius 1 is 1.29 bits per heavy atom. The first-order valence-electron chi connectivity index (χ1n) is 7.75. The quantitative estimate of drug-likeness (QED) is 0.922. The zero-order chi connectivity index (χ0) is 15.4. The molecule has 5 heteroatoms. The summed E-state index contributed by atoms with van der Waals surface area (Å²) in [6, 6.07) is 3.81. The number of pyridine rings is 1. The van der Waals surface area contributed by atoms with E-state index >= 15 is 0 Å². The van der Waals surface area contributed by atoms with Gasteiger partial charge >= 0.3 is 0 Å². The summed E-state index contributed by atoms with van der Waals surface area (Å²) < 4.78 is 0. The van der Waals surface area contributed by atoms with Crippen molar-refractivity contribution in [3.05, 3.63) is 23.4 Å². The molecule has 2 rings (SSSR count). The molecule has 1 amide bonds. The molecule has 1 aliphatic rings. The van der Waals surface area contributed by atoms with E-state index in [9.17, 15) is 4.79 Å².